The van der Waals surface area contributed by atoms with Gasteiger partial charge in [-0.25, -0.2) is 0 Å². The van der Waals surface area contributed by atoms with E-state index < -0.39 is 0 Å². The van der Waals surface area contributed by atoms with E-state index in [0.717, 1.165) is 19.6 Å². The maximum Gasteiger partial charge on any atom is 0.306 e. The van der Waals surface area contributed by atoms with Gasteiger partial charge >= 0.3 is 5.97 Å². The van der Waals surface area contributed by atoms with Crippen LogP contribution < -0.4 is 5.32 Å². The lowest BCUT2D eigenvalue weighted by atomic mass is 9.94. The van der Waals surface area contributed by atoms with Crippen LogP contribution >= 0.6 is 0 Å². The predicted octanol–water partition coefficient (Wildman–Crippen LogP) is 0.479. The molecule has 1 aliphatic rings. The molecule has 0 radical (unpaired) electrons. The first-order chi connectivity index (χ1) is 7.13. The summed E-state index contributed by atoms with van der Waals surface area (Å²) >= 11 is 0. The molecule has 0 aliphatic carbocycles. The fraction of sp³-hybridized carbons (Fsp3) is 0.909. The second-order valence-electron chi connectivity index (χ2n) is 4.41. The molecule has 4 heteroatoms. The lowest BCUT2D eigenvalue weighted by molar-refractivity contribution is -0.140. The van der Waals surface area contributed by atoms with Gasteiger partial charge in [0, 0.05) is 19.1 Å². The zero-order chi connectivity index (χ0) is 11.3. The fourth-order valence-electron chi connectivity index (χ4n) is 2.12. The summed E-state index contributed by atoms with van der Waals surface area (Å²) < 4.78 is 4.60. The monoisotopic (exact) mass is 214 g/mol. The van der Waals surface area contributed by atoms with Crippen molar-refractivity contribution < 1.29 is 9.53 Å². The van der Waals surface area contributed by atoms with Crippen molar-refractivity contribution in [3.8, 4) is 0 Å². The number of esters is 1. The smallest absolute Gasteiger partial charge is 0.306 e. The summed E-state index contributed by atoms with van der Waals surface area (Å²) in [5, 5.41) is 3.43. The van der Waals surface area contributed by atoms with Crippen LogP contribution in [0.5, 0.6) is 0 Å². The summed E-state index contributed by atoms with van der Waals surface area (Å²) in [5.74, 6) is 0.518. The predicted molar refractivity (Wildman–Crippen MR) is 59.7 cm³/mol. The molecule has 15 heavy (non-hydrogen) atoms. The van der Waals surface area contributed by atoms with Gasteiger partial charge < -0.3 is 15.0 Å². The van der Waals surface area contributed by atoms with E-state index in [4.69, 9.17) is 0 Å². The lowest BCUT2D eigenvalue weighted by Crippen LogP contribution is -2.47. The molecule has 0 spiro atoms. The first-order valence-corrected chi connectivity index (χ1v) is 5.62. The van der Waals surface area contributed by atoms with Gasteiger partial charge in [0.1, 0.15) is 0 Å². The maximum absolute atomic E-state index is 10.9. The Balaban J connectivity index is 2.18. The van der Waals surface area contributed by atoms with E-state index in [9.17, 15) is 4.79 Å². The Hall–Kier alpha value is -0.610. The number of rotatable bonds is 4. The van der Waals surface area contributed by atoms with Crippen molar-refractivity contribution in [3.05, 3.63) is 0 Å². The highest BCUT2D eigenvalue weighted by molar-refractivity contribution is 5.69. The number of likely N-dealkylation sites (tertiary alicyclic amines) is 1. The van der Waals surface area contributed by atoms with Gasteiger partial charge in [0.05, 0.1) is 13.5 Å². The van der Waals surface area contributed by atoms with Crippen molar-refractivity contribution in [1.82, 2.24) is 10.2 Å². The Morgan fingerprint density at radius 1 is 1.60 bits per heavy atom. The third kappa shape index (κ3) is 4.18. The molecule has 0 aromatic rings. The summed E-state index contributed by atoms with van der Waals surface area (Å²) in [6.07, 6.45) is 1.63. The SMILES string of the molecule is COC(=O)CCNC1CCN(C)CC1C. The third-order valence-electron chi connectivity index (χ3n) is 3.07. The number of methoxy groups -OCH3 is 1. The molecular formula is C11H22N2O2. The summed E-state index contributed by atoms with van der Waals surface area (Å²) in [6, 6.07) is 0.547. The summed E-state index contributed by atoms with van der Waals surface area (Å²) in [6.45, 7) is 5.26. The number of nitrogens with zero attached hydrogens (tertiary/aromatic N) is 1. The average Bonchev–Trinajstić information content (AvgIpc) is 2.21. The normalized spacial score (nSPS) is 27.7. The van der Waals surface area contributed by atoms with Crippen LogP contribution in [0.1, 0.15) is 19.8 Å². The first-order valence-electron chi connectivity index (χ1n) is 5.62. The second kappa shape index (κ2) is 6.08. The molecular weight excluding hydrogens is 192 g/mol. The van der Waals surface area contributed by atoms with Gasteiger partial charge in [-0.05, 0) is 25.9 Å². The third-order valence-corrected chi connectivity index (χ3v) is 3.07. The van der Waals surface area contributed by atoms with Gasteiger partial charge in [0.25, 0.3) is 0 Å². The van der Waals surface area contributed by atoms with Gasteiger partial charge in [-0.3, -0.25) is 4.79 Å². The largest absolute Gasteiger partial charge is 0.469 e. The molecule has 1 saturated heterocycles. The Bertz CT molecular complexity index is 209. The number of carbonyl (C=O) groups is 1. The minimum atomic E-state index is -0.136. The van der Waals surface area contributed by atoms with Crippen LogP contribution in [-0.4, -0.2) is 50.7 Å². The van der Waals surface area contributed by atoms with E-state index >= 15 is 0 Å². The quantitative estimate of drug-likeness (QED) is 0.691. The van der Waals surface area contributed by atoms with Crippen LogP contribution in [0, 0.1) is 5.92 Å². The number of piperidine rings is 1. The molecule has 0 aromatic heterocycles. The average molecular weight is 214 g/mol. The molecule has 1 heterocycles. The fourth-order valence-corrected chi connectivity index (χ4v) is 2.12. The van der Waals surface area contributed by atoms with Crippen LogP contribution in [0.4, 0.5) is 0 Å². The number of hydrogen-bond acceptors (Lipinski definition) is 4. The highest BCUT2D eigenvalue weighted by Crippen LogP contribution is 2.14. The number of hydrogen-bond donors (Lipinski definition) is 1. The highest BCUT2D eigenvalue weighted by Gasteiger charge is 2.23. The number of carbonyl (C=O) groups excluding carboxylic acids is 1. The minimum absolute atomic E-state index is 0.136. The molecule has 0 bridgehead atoms. The van der Waals surface area contributed by atoms with Crippen LogP contribution in [-0.2, 0) is 9.53 Å². The van der Waals surface area contributed by atoms with E-state index in [1.807, 2.05) is 0 Å². The van der Waals surface area contributed by atoms with Gasteiger partial charge in [0.15, 0.2) is 0 Å². The van der Waals surface area contributed by atoms with Crippen molar-refractivity contribution in [2.45, 2.75) is 25.8 Å². The Morgan fingerprint density at radius 2 is 2.33 bits per heavy atom. The molecule has 2 unspecified atom stereocenters. The topological polar surface area (TPSA) is 41.6 Å². The first kappa shape index (κ1) is 12.5. The van der Waals surface area contributed by atoms with Crippen LogP contribution in [0.3, 0.4) is 0 Å². The Labute approximate surface area is 92.0 Å². The summed E-state index contributed by atoms with van der Waals surface area (Å²) in [5.41, 5.74) is 0. The van der Waals surface area contributed by atoms with Crippen molar-refractivity contribution in [1.29, 1.82) is 0 Å². The molecule has 1 aliphatic heterocycles. The maximum atomic E-state index is 10.9. The summed E-state index contributed by atoms with van der Waals surface area (Å²) in [7, 11) is 3.59. The molecule has 0 amide bonds. The van der Waals surface area contributed by atoms with Crippen molar-refractivity contribution >= 4 is 5.97 Å². The van der Waals surface area contributed by atoms with Gasteiger partial charge in [0.2, 0.25) is 0 Å². The van der Waals surface area contributed by atoms with E-state index in [-0.39, 0.29) is 5.97 Å². The molecule has 1 rings (SSSR count). The summed E-state index contributed by atoms with van der Waals surface area (Å²) in [4.78, 5) is 13.3. The van der Waals surface area contributed by atoms with Crippen molar-refractivity contribution in [2.24, 2.45) is 5.92 Å². The van der Waals surface area contributed by atoms with Crippen molar-refractivity contribution in [2.75, 3.05) is 33.8 Å². The van der Waals surface area contributed by atoms with Gasteiger partial charge in [-0.2, -0.15) is 0 Å². The lowest BCUT2D eigenvalue weighted by Gasteiger charge is -2.35. The molecule has 88 valence electrons. The van der Waals surface area contributed by atoms with Crippen molar-refractivity contribution in [3.63, 3.8) is 0 Å². The van der Waals surface area contributed by atoms with E-state index in [1.165, 1.54) is 13.5 Å². The number of ether oxygens (including phenoxy) is 1. The zero-order valence-corrected chi connectivity index (χ0v) is 9.95. The van der Waals surface area contributed by atoms with E-state index in [1.54, 1.807) is 0 Å². The Morgan fingerprint density at radius 3 is 2.93 bits per heavy atom. The second-order valence-corrected chi connectivity index (χ2v) is 4.41. The number of nitrogens with one attached hydrogen (secondary N) is 1. The molecule has 1 fully saturated rings. The van der Waals surface area contributed by atoms with Crippen LogP contribution in [0.2, 0.25) is 0 Å². The highest BCUT2D eigenvalue weighted by atomic mass is 16.5. The van der Waals surface area contributed by atoms with Crippen LogP contribution in [0.25, 0.3) is 0 Å². The molecule has 2 atom stereocenters. The minimum Gasteiger partial charge on any atom is -0.469 e. The van der Waals surface area contributed by atoms with Crippen LogP contribution in [0.15, 0.2) is 0 Å². The zero-order valence-electron chi connectivity index (χ0n) is 9.95. The molecule has 4 nitrogen and oxygen atoms in total. The standard InChI is InChI=1S/C11H22N2O2/c1-9-8-13(2)7-5-10(9)12-6-4-11(14)15-3/h9-10,12H,4-8H2,1-3H3. The molecule has 0 aromatic carbocycles. The van der Waals surface area contributed by atoms with E-state index in [2.05, 4.69) is 28.9 Å². The van der Waals surface area contributed by atoms with Gasteiger partial charge in [-0.1, -0.05) is 6.92 Å². The molecule has 1 N–H and O–H groups in total. The Kier molecular flexibility index (Phi) is 5.05. The van der Waals surface area contributed by atoms with Gasteiger partial charge in [-0.15, -0.1) is 0 Å². The van der Waals surface area contributed by atoms with E-state index in [0.29, 0.717) is 18.4 Å². The molecule has 0 saturated carbocycles.